The first-order valence-corrected chi connectivity index (χ1v) is 10.5. The van der Waals surface area contributed by atoms with Crippen molar-refractivity contribution in [3.05, 3.63) is 59.7 Å². The van der Waals surface area contributed by atoms with Crippen LogP contribution in [0.1, 0.15) is 30.4 Å². The number of fused-ring (bicyclic) bond motifs is 3. The standard InChI is InChI=1S/C24H26N2O6/c1-24(14-31-2,22(29)26-12-11-20(26)21(27)28)25-23(30)32-13-19-17-9-5-3-7-15(17)16-8-4-6-10-18(16)19/h3-10,19-20H,11-14H2,1-2H3,(H,25,30)(H,27,28). The molecule has 1 fully saturated rings. The number of amides is 2. The van der Waals surface area contributed by atoms with Crippen LogP contribution in [-0.4, -0.2) is 66.4 Å². The SMILES string of the molecule is COCC(C)(NC(=O)OCC1c2ccccc2-c2ccccc21)C(=O)N1CCC1C(=O)O. The van der Waals surface area contributed by atoms with Crippen molar-refractivity contribution < 1.29 is 29.0 Å². The summed E-state index contributed by atoms with van der Waals surface area (Å²) in [6, 6.07) is 15.1. The summed E-state index contributed by atoms with van der Waals surface area (Å²) in [5.41, 5.74) is 2.97. The molecule has 0 saturated carbocycles. The van der Waals surface area contributed by atoms with Gasteiger partial charge < -0.3 is 24.8 Å². The van der Waals surface area contributed by atoms with Gasteiger partial charge in [-0.3, -0.25) is 4.79 Å². The third kappa shape index (κ3) is 3.82. The minimum Gasteiger partial charge on any atom is -0.480 e. The number of ether oxygens (including phenoxy) is 2. The molecule has 32 heavy (non-hydrogen) atoms. The topological polar surface area (TPSA) is 105 Å². The lowest BCUT2D eigenvalue weighted by Gasteiger charge is -2.43. The summed E-state index contributed by atoms with van der Waals surface area (Å²) in [7, 11) is 1.41. The predicted molar refractivity (Wildman–Crippen MR) is 116 cm³/mol. The number of aliphatic carboxylic acids is 1. The van der Waals surface area contributed by atoms with Crippen molar-refractivity contribution in [2.45, 2.75) is 30.8 Å². The molecule has 2 aromatic carbocycles. The Labute approximate surface area is 186 Å². The van der Waals surface area contributed by atoms with Gasteiger partial charge in [0, 0.05) is 19.6 Å². The van der Waals surface area contributed by atoms with Crippen molar-refractivity contribution in [1.29, 1.82) is 0 Å². The number of carbonyl (C=O) groups is 3. The summed E-state index contributed by atoms with van der Waals surface area (Å²) in [6.07, 6.45) is -0.373. The third-order valence-corrected chi connectivity index (χ3v) is 6.19. The van der Waals surface area contributed by atoms with Gasteiger partial charge in [-0.2, -0.15) is 0 Å². The number of carboxylic acid groups (broad SMARTS) is 1. The van der Waals surface area contributed by atoms with Crippen molar-refractivity contribution in [3.8, 4) is 11.1 Å². The molecular formula is C24H26N2O6. The zero-order chi connectivity index (χ0) is 22.9. The van der Waals surface area contributed by atoms with Crippen LogP contribution in [-0.2, 0) is 19.1 Å². The van der Waals surface area contributed by atoms with Crippen molar-refractivity contribution in [3.63, 3.8) is 0 Å². The van der Waals surface area contributed by atoms with Gasteiger partial charge in [0.1, 0.15) is 18.2 Å². The first-order chi connectivity index (χ1) is 15.4. The summed E-state index contributed by atoms with van der Waals surface area (Å²) >= 11 is 0. The van der Waals surface area contributed by atoms with Crippen LogP contribution in [0.25, 0.3) is 11.1 Å². The highest BCUT2D eigenvalue weighted by Crippen LogP contribution is 2.44. The lowest BCUT2D eigenvalue weighted by molar-refractivity contribution is -0.161. The number of methoxy groups -OCH3 is 1. The molecule has 2 unspecified atom stereocenters. The Kier molecular flexibility index (Phi) is 5.88. The number of benzene rings is 2. The molecular weight excluding hydrogens is 412 g/mol. The number of carbonyl (C=O) groups excluding carboxylic acids is 2. The highest BCUT2D eigenvalue weighted by molar-refractivity contribution is 5.93. The molecule has 1 heterocycles. The maximum absolute atomic E-state index is 13.0. The minimum absolute atomic E-state index is 0.107. The maximum Gasteiger partial charge on any atom is 0.408 e. The first-order valence-electron chi connectivity index (χ1n) is 10.5. The van der Waals surface area contributed by atoms with Gasteiger partial charge in [0.15, 0.2) is 0 Å². The minimum atomic E-state index is -1.44. The fourth-order valence-corrected chi connectivity index (χ4v) is 4.50. The van der Waals surface area contributed by atoms with E-state index in [1.807, 2.05) is 36.4 Å². The van der Waals surface area contributed by atoms with E-state index in [-0.39, 0.29) is 19.1 Å². The van der Waals surface area contributed by atoms with Crippen LogP contribution < -0.4 is 5.32 Å². The molecule has 8 nitrogen and oxygen atoms in total. The summed E-state index contributed by atoms with van der Waals surface area (Å²) in [6.45, 7) is 1.83. The fraction of sp³-hybridized carbons (Fsp3) is 0.375. The second-order valence-corrected chi connectivity index (χ2v) is 8.36. The van der Waals surface area contributed by atoms with E-state index in [4.69, 9.17) is 9.47 Å². The Morgan fingerprint density at radius 1 is 1.09 bits per heavy atom. The summed E-state index contributed by atoms with van der Waals surface area (Å²) in [4.78, 5) is 38.2. The molecule has 2 amide bonds. The van der Waals surface area contributed by atoms with Gasteiger partial charge in [-0.15, -0.1) is 0 Å². The van der Waals surface area contributed by atoms with Gasteiger partial charge in [0.05, 0.1) is 6.61 Å². The maximum atomic E-state index is 13.0. The number of nitrogens with one attached hydrogen (secondary N) is 1. The monoisotopic (exact) mass is 438 g/mol. The van der Waals surface area contributed by atoms with Crippen LogP contribution in [0, 0.1) is 0 Å². The lowest BCUT2D eigenvalue weighted by Crippen LogP contribution is -2.66. The number of likely N-dealkylation sites (tertiary alicyclic amines) is 1. The summed E-state index contributed by atoms with van der Waals surface area (Å²) in [5, 5.41) is 11.9. The number of hydrogen-bond donors (Lipinski definition) is 2. The highest BCUT2D eigenvalue weighted by atomic mass is 16.5. The molecule has 2 N–H and O–H groups in total. The zero-order valence-corrected chi connectivity index (χ0v) is 18.0. The molecule has 0 spiro atoms. The number of rotatable bonds is 7. The molecule has 2 atom stereocenters. The van der Waals surface area contributed by atoms with E-state index in [1.165, 1.54) is 18.9 Å². The van der Waals surface area contributed by atoms with Crippen LogP contribution in [0.3, 0.4) is 0 Å². The van der Waals surface area contributed by atoms with Crippen LogP contribution in [0.15, 0.2) is 48.5 Å². The predicted octanol–water partition coefficient (Wildman–Crippen LogP) is 2.62. The van der Waals surface area contributed by atoms with E-state index in [2.05, 4.69) is 17.4 Å². The van der Waals surface area contributed by atoms with Crippen molar-refractivity contribution in [1.82, 2.24) is 10.2 Å². The van der Waals surface area contributed by atoms with E-state index in [1.54, 1.807) is 0 Å². The van der Waals surface area contributed by atoms with E-state index >= 15 is 0 Å². The van der Waals surface area contributed by atoms with E-state index < -0.39 is 29.6 Å². The van der Waals surface area contributed by atoms with Crippen LogP contribution in [0.2, 0.25) is 0 Å². The second kappa shape index (κ2) is 8.63. The molecule has 0 bridgehead atoms. The number of hydrogen-bond acceptors (Lipinski definition) is 5. The highest BCUT2D eigenvalue weighted by Gasteiger charge is 2.46. The van der Waals surface area contributed by atoms with Gasteiger partial charge in [-0.1, -0.05) is 48.5 Å². The number of alkyl carbamates (subject to hydrolysis) is 1. The number of nitrogens with zero attached hydrogens (tertiary/aromatic N) is 1. The normalized spacial score (nSPS) is 18.7. The van der Waals surface area contributed by atoms with Gasteiger partial charge in [-0.25, -0.2) is 9.59 Å². The second-order valence-electron chi connectivity index (χ2n) is 8.36. The van der Waals surface area contributed by atoms with Gasteiger partial charge >= 0.3 is 12.1 Å². The summed E-state index contributed by atoms with van der Waals surface area (Å²) in [5.74, 6) is -1.68. The largest absolute Gasteiger partial charge is 0.480 e. The third-order valence-electron chi connectivity index (χ3n) is 6.19. The van der Waals surface area contributed by atoms with Crippen LogP contribution in [0.5, 0.6) is 0 Å². The van der Waals surface area contributed by atoms with E-state index in [0.717, 1.165) is 22.3 Å². The Hall–Kier alpha value is -3.39. The van der Waals surface area contributed by atoms with E-state index in [0.29, 0.717) is 13.0 Å². The average molecular weight is 438 g/mol. The first kappa shape index (κ1) is 21.8. The molecule has 8 heteroatoms. The van der Waals surface area contributed by atoms with E-state index in [9.17, 15) is 19.5 Å². The van der Waals surface area contributed by atoms with Gasteiger partial charge in [-0.05, 0) is 35.6 Å². The molecule has 2 aliphatic rings. The lowest BCUT2D eigenvalue weighted by atomic mass is 9.95. The average Bonchev–Trinajstić information content (AvgIpc) is 3.05. The molecule has 168 valence electrons. The van der Waals surface area contributed by atoms with Crippen LogP contribution >= 0.6 is 0 Å². The molecule has 4 rings (SSSR count). The number of carboxylic acids is 1. The van der Waals surface area contributed by atoms with Crippen molar-refractivity contribution in [2.75, 3.05) is 26.9 Å². The Balaban J connectivity index is 1.46. The molecule has 0 aromatic heterocycles. The molecule has 1 aliphatic carbocycles. The van der Waals surface area contributed by atoms with Gasteiger partial charge in [0.25, 0.3) is 5.91 Å². The molecule has 0 radical (unpaired) electrons. The molecule has 1 saturated heterocycles. The quantitative estimate of drug-likeness (QED) is 0.689. The molecule has 2 aromatic rings. The Morgan fingerprint density at radius 3 is 2.19 bits per heavy atom. The van der Waals surface area contributed by atoms with Gasteiger partial charge in [0.2, 0.25) is 0 Å². The van der Waals surface area contributed by atoms with Crippen molar-refractivity contribution in [2.24, 2.45) is 0 Å². The smallest absolute Gasteiger partial charge is 0.408 e. The molecule has 1 aliphatic heterocycles. The fourth-order valence-electron chi connectivity index (χ4n) is 4.50. The summed E-state index contributed by atoms with van der Waals surface area (Å²) < 4.78 is 10.7. The van der Waals surface area contributed by atoms with Crippen LogP contribution in [0.4, 0.5) is 4.79 Å². The zero-order valence-electron chi connectivity index (χ0n) is 18.0. The Bertz CT molecular complexity index is 1010. The van der Waals surface area contributed by atoms with Crippen molar-refractivity contribution >= 4 is 18.0 Å². The Morgan fingerprint density at radius 2 is 1.69 bits per heavy atom.